The third kappa shape index (κ3) is 59.8. The van der Waals surface area contributed by atoms with Crippen molar-refractivity contribution in [3.63, 3.8) is 0 Å². The van der Waals surface area contributed by atoms with Gasteiger partial charge in [-0.1, -0.05) is 334 Å². The van der Waals surface area contributed by atoms with Gasteiger partial charge in [0.2, 0.25) is 5.91 Å². The maximum Gasteiger partial charge on any atom is 0.305 e. The van der Waals surface area contributed by atoms with Crippen LogP contribution >= 0.6 is 0 Å². The van der Waals surface area contributed by atoms with Crippen LogP contribution in [0.15, 0.2) is 12.2 Å². The molecule has 0 bridgehead atoms. The van der Waals surface area contributed by atoms with Gasteiger partial charge in [0.15, 0.2) is 0 Å². The number of hydrogen-bond donors (Lipinski definition) is 3. The van der Waals surface area contributed by atoms with Crippen molar-refractivity contribution < 1.29 is 24.5 Å². The van der Waals surface area contributed by atoms with Gasteiger partial charge < -0.3 is 20.3 Å². The number of aliphatic hydroxyl groups is 2. The van der Waals surface area contributed by atoms with Gasteiger partial charge in [0.1, 0.15) is 0 Å². The van der Waals surface area contributed by atoms with Crippen molar-refractivity contribution in [1.29, 1.82) is 0 Å². The van der Waals surface area contributed by atoms with E-state index >= 15 is 0 Å². The van der Waals surface area contributed by atoms with E-state index in [1.165, 1.54) is 315 Å². The number of allylic oxidation sites excluding steroid dienone is 2. The van der Waals surface area contributed by atoms with E-state index in [2.05, 4.69) is 31.3 Å². The summed E-state index contributed by atoms with van der Waals surface area (Å²) in [6, 6.07) is -0.541. The lowest BCUT2D eigenvalue weighted by Crippen LogP contribution is -2.45. The molecule has 74 heavy (non-hydrogen) atoms. The summed E-state index contributed by atoms with van der Waals surface area (Å²) in [4.78, 5) is 24.6. The second kappa shape index (κ2) is 64.1. The lowest BCUT2D eigenvalue weighted by molar-refractivity contribution is -0.143. The number of esters is 1. The molecule has 0 aliphatic heterocycles. The largest absolute Gasteiger partial charge is 0.466 e. The van der Waals surface area contributed by atoms with E-state index in [4.69, 9.17) is 4.74 Å². The Morgan fingerprint density at radius 3 is 0.959 bits per heavy atom. The maximum absolute atomic E-state index is 12.5. The summed E-state index contributed by atoms with van der Waals surface area (Å²) in [5.41, 5.74) is 0. The Hall–Kier alpha value is -1.40. The van der Waals surface area contributed by atoms with E-state index in [1.807, 2.05) is 0 Å². The molecule has 0 spiro atoms. The number of rotatable bonds is 64. The van der Waals surface area contributed by atoms with Crippen molar-refractivity contribution in [3.05, 3.63) is 12.2 Å². The molecule has 0 radical (unpaired) electrons. The second-order valence-corrected chi connectivity index (χ2v) is 23.5. The molecule has 6 heteroatoms. The Morgan fingerprint density at radius 1 is 0.365 bits per heavy atom. The van der Waals surface area contributed by atoms with Crippen LogP contribution in [0.3, 0.4) is 0 Å². The molecule has 0 saturated carbocycles. The van der Waals surface area contributed by atoms with Gasteiger partial charge in [-0.25, -0.2) is 0 Å². The standard InChI is InChI=1S/C68H133NO5/c1-3-5-7-9-11-13-15-17-18-30-34-38-42-46-50-54-58-62-68(73)74-63-59-55-51-47-43-39-35-32-29-27-25-23-21-19-20-22-24-26-28-31-33-37-41-45-49-53-57-61-67(72)69-65(64-70)66(71)60-56-52-48-44-40-36-16-14-12-10-8-6-4-2/h19-20,65-66,70-71H,3-18,21-64H2,1-2H3,(H,69,72)/b20-19-. The maximum atomic E-state index is 12.5. The van der Waals surface area contributed by atoms with Crippen LogP contribution in [0.5, 0.6) is 0 Å². The van der Waals surface area contributed by atoms with Crippen LogP contribution in [0.1, 0.15) is 386 Å². The van der Waals surface area contributed by atoms with Crippen LogP contribution in [-0.4, -0.2) is 47.4 Å². The van der Waals surface area contributed by atoms with Gasteiger partial charge in [0.25, 0.3) is 0 Å². The minimum absolute atomic E-state index is 0.0199. The number of unbranched alkanes of at least 4 members (excludes halogenated alkanes) is 51. The molecule has 0 aromatic carbocycles. The van der Waals surface area contributed by atoms with Gasteiger partial charge in [0.05, 0.1) is 25.4 Å². The van der Waals surface area contributed by atoms with Gasteiger partial charge in [-0.2, -0.15) is 0 Å². The molecule has 0 aliphatic carbocycles. The Labute approximate surface area is 463 Å². The SMILES string of the molecule is CCCCCCCCCCCCCCCCCCCC(=O)OCCCCCCCCCCCCCC/C=C\CCCCCCCCCCCCCC(=O)NC(CO)C(O)CCCCCCCCCCCCCCC. The molecule has 0 saturated heterocycles. The number of hydrogen-bond acceptors (Lipinski definition) is 5. The van der Waals surface area contributed by atoms with E-state index in [0.29, 0.717) is 25.9 Å². The number of aliphatic hydroxyl groups excluding tert-OH is 2. The lowest BCUT2D eigenvalue weighted by atomic mass is 10.0. The quantitative estimate of drug-likeness (QED) is 0.0320. The predicted octanol–water partition coefficient (Wildman–Crippen LogP) is 21.6. The van der Waals surface area contributed by atoms with Crippen LogP contribution in [-0.2, 0) is 14.3 Å². The van der Waals surface area contributed by atoms with E-state index < -0.39 is 12.1 Å². The summed E-state index contributed by atoms with van der Waals surface area (Å²) in [7, 11) is 0. The monoisotopic (exact) mass is 1040 g/mol. The van der Waals surface area contributed by atoms with Crippen molar-refractivity contribution in [2.24, 2.45) is 0 Å². The van der Waals surface area contributed by atoms with Gasteiger partial charge in [0, 0.05) is 12.8 Å². The molecule has 0 fully saturated rings. The van der Waals surface area contributed by atoms with Crippen LogP contribution in [0.2, 0.25) is 0 Å². The highest BCUT2D eigenvalue weighted by Crippen LogP contribution is 2.19. The summed E-state index contributed by atoms with van der Waals surface area (Å²) in [5, 5.41) is 23.3. The molecule has 3 N–H and O–H groups in total. The average molecular weight is 1040 g/mol. The fourth-order valence-corrected chi connectivity index (χ4v) is 10.9. The van der Waals surface area contributed by atoms with Crippen LogP contribution in [0.4, 0.5) is 0 Å². The van der Waals surface area contributed by atoms with E-state index in [9.17, 15) is 19.8 Å². The molecule has 1 amide bonds. The molecule has 6 nitrogen and oxygen atoms in total. The Morgan fingerprint density at radius 2 is 0.635 bits per heavy atom. The highest BCUT2D eigenvalue weighted by Gasteiger charge is 2.20. The average Bonchev–Trinajstić information content (AvgIpc) is 3.40. The summed E-state index contributed by atoms with van der Waals surface area (Å²) < 4.78 is 5.50. The van der Waals surface area contributed by atoms with Crippen LogP contribution < -0.4 is 5.32 Å². The molecule has 0 aromatic heterocycles. The minimum atomic E-state index is -0.663. The summed E-state index contributed by atoms with van der Waals surface area (Å²) >= 11 is 0. The lowest BCUT2D eigenvalue weighted by Gasteiger charge is -2.22. The zero-order chi connectivity index (χ0) is 53.6. The van der Waals surface area contributed by atoms with Gasteiger partial charge >= 0.3 is 5.97 Å². The molecule has 0 heterocycles. The summed E-state index contributed by atoms with van der Waals surface area (Å²) in [6.45, 7) is 4.99. The molecule has 2 unspecified atom stereocenters. The van der Waals surface area contributed by atoms with Gasteiger partial charge in [-0.05, 0) is 51.4 Å². The Bertz CT molecular complexity index is 1110. The zero-order valence-corrected chi connectivity index (χ0v) is 50.4. The van der Waals surface area contributed by atoms with Crippen LogP contribution in [0.25, 0.3) is 0 Å². The first-order chi connectivity index (χ1) is 36.5. The first-order valence-corrected chi connectivity index (χ1v) is 33.9. The molecule has 0 aliphatic rings. The first kappa shape index (κ1) is 72.6. The van der Waals surface area contributed by atoms with Crippen molar-refractivity contribution in [3.8, 4) is 0 Å². The third-order valence-corrected chi connectivity index (χ3v) is 16.1. The topological polar surface area (TPSA) is 95.9 Å². The van der Waals surface area contributed by atoms with Crippen molar-refractivity contribution in [1.82, 2.24) is 5.32 Å². The molecule has 2 atom stereocenters. The molecular formula is C68H133NO5. The highest BCUT2D eigenvalue weighted by molar-refractivity contribution is 5.76. The summed E-state index contributed by atoms with van der Waals surface area (Å²) in [5.74, 6) is -0.0138. The third-order valence-electron chi connectivity index (χ3n) is 16.1. The van der Waals surface area contributed by atoms with E-state index in [1.54, 1.807) is 0 Å². The highest BCUT2D eigenvalue weighted by atomic mass is 16.5. The number of nitrogens with one attached hydrogen (secondary N) is 1. The Balaban J connectivity index is 3.35. The smallest absolute Gasteiger partial charge is 0.305 e. The first-order valence-electron chi connectivity index (χ1n) is 33.9. The molecule has 0 rings (SSSR count). The normalized spacial score (nSPS) is 12.5. The predicted molar refractivity (Wildman–Crippen MR) is 324 cm³/mol. The Kier molecular flexibility index (Phi) is 62.9. The second-order valence-electron chi connectivity index (χ2n) is 23.5. The van der Waals surface area contributed by atoms with E-state index in [-0.39, 0.29) is 18.5 Å². The molecule has 0 aromatic rings. The summed E-state index contributed by atoms with van der Waals surface area (Å²) in [6.07, 6.45) is 78.2. The molecule has 440 valence electrons. The number of ether oxygens (including phenoxy) is 1. The zero-order valence-electron chi connectivity index (χ0n) is 50.4. The number of carbonyl (C=O) groups excluding carboxylic acids is 2. The number of amides is 1. The fourth-order valence-electron chi connectivity index (χ4n) is 10.9. The number of carbonyl (C=O) groups is 2. The van der Waals surface area contributed by atoms with Gasteiger partial charge in [-0.3, -0.25) is 9.59 Å². The van der Waals surface area contributed by atoms with Crippen molar-refractivity contribution >= 4 is 11.9 Å². The van der Waals surface area contributed by atoms with Crippen LogP contribution in [0, 0.1) is 0 Å². The minimum Gasteiger partial charge on any atom is -0.466 e. The fraction of sp³-hybridized carbons (Fsp3) is 0.941. The van der Waals surface area contributed by atoms with Crippen molar-refractivity contribution in [2.45, 2.75) is 398 Å². The van der Waals surface area contributed by atoms with E-state index in [0.717, 1.165) is 38.5 Å². The molecular weight excluding hydrogens is 911 g/mol. The van der Waals surface area contributed by atoms with Gasteiger partial charge in [-0.15, -0.1) is 0 Å². The van der Waals surface area contributed by atoms with Crippen molar-refractivity contribution in [2.75, 3.05) is 13.2 Å².